The Morgan fingerprint density at radius 2 is 2.00 bits per heavy atom. The molecule has 0 aliphatic carbocycles. The summed E-state index contributed by atoms with van der Waals surface area (Å²) in [4.78, 5) is 12.2. The third kappa shape index (κ3) is 3.70. The number of fused-ring (bicyclic) bond motifs is 2. The van der Waals surface area contributed by atoms with Crippen LogP contribution in [0.3, 0.4) is 0 Å². The lowest BCUT2D eigenvalue weighted by Gasteiger charge is -2.12. The summed E-state index contributed by atoms with van der Waals surface area (Å²) in [5.74, 6) is 2.23. The van der Waals surface area contributed by atoms with E-state index in [1.165, 1.54) is 0 Å². The zero-order valence-electron chi connectivity index (χ0n) is 15.5. The van der Waals surface area contributed by atoms with Gasteiger partial charge >= 0.3 is 6.08 Å². The highest BCUT2D eigenvalue weighted by Crippen LogP contribution is 2.36. The molecule has 0 atom stereocenters. The molecule has 0 amide bonds. The van der Waals surface area contributed by atoms with Gasteiger partial charge in [-0.25, -0.2) is 4.98 Å². The number of anilines is 1. The number of hydrogen-bond acceptors (Lipinski definition) is 7. The highest BCUT2D eigenvalue weighted by molar-refractivity contribution is 14.1. The number of halogens is 2. The minimum atomic E-state index is -0.854. The number of nitrogens with two attached hydrogens (primary N) is 1. The zero-order chi connectivity index (χ0) is 19.8. The summed E-state index contributed by atoms with van der Waals surface area (Å²) in [6, 6.07) is 4.24. The molecular formula is C18H20FIN6O2. The van der Waals surface area contributed by atoms with Crippen molar-refractivity contribution < 1.29 is 13.9 Å². The Morgan fingerprint density at radius 3 is 2.75 bits per heavy atom. The fraction of sp³-hybridized carbons (Fsp3) is 0.389. The van der Waals surface area contributed by atoms with Crippen LogP contribution in [0.4, 0.5) is 10.2 Å². The molecule has 1 aliphatic rings. The van der Waals surface area contributed by atoms with Crippen LogP contribution >= 0.6 is 22.6 Å². The maximum Gasteiger partial charge on any atom is 0.312 e. The summed E-state index contributed by atoms with van der Waals surface area (Å²) in [5, 5.41) is 3.36. The van der Waals surface area contributed by atoms with Gasteiger partial charge in [0.05, 0.1) is 0 Å². The second-order valence-electron chi connectivity index (χ2n) is 6.81. The fourth-order valence-corrected chi connectivity index (χ4v) is 3.77. The van der Waals surface area contributed by atoms with Crippen LogP contribution in [0.5, 0.6) is 11.5 Å². The van der Waals surface area contributed by atoms with E-state index in [0.29, 0.717) is 42.5 Å². The molecule has 3 heterocycles. The SMILES string of the molecule is CC(C)NCCn1c(Cc2cc3c(cc2I)OCO3)nc2c(N)nc(F)nc21. The molecule has 8 nitrogen and oxygen atoms in total. The molecule has 0 unspecified atom stereocenters. The van der Waals surface area contributed by atoms with Gasteiger partial charge in [0.15, 0.2) is 28.5 Å². The molecule has 3 aromatic rings. The molecule has 28 heavy (non-hydrogen) atoms. The van der Waals surface area contributed by atoms with Gasteiger partial charge in [-0.15, -0.1) is 0 Å². The Hall–Kier alpha value is -2.21. The molecule has 4 rings (SSSR count). The third-order valence-electron chi connectivity index (χ3n) is 4.45. The Labute approximate surface area is 174 Å². The normalized spacial score (nSPS) is 13.0. The standard InChI is InChI=1S/C18H20FIN6O2/c1-9(2)22-3-4-26-14(23-15-16(21)24-18(19)25-17(15)26)6-10-5-12-13(7-11(10)20)28-8-27-12/h5,7,9,22H,3-4,6,8H2,1-2H3,(H2,21,24,25). The molecule has 0 bridgehead atoms. The number of benzene rings is 1. The van der Waals surface area contributed by atoms with Crippen molar-refractivity contribution in [3.8, 4) is 11.5 Å². The van der Waals surface area contributed by atoms with E-state index in [2.05, 4.69) is 56.7 Å². The average Bonchev–Trinajstić information content (AvgIpc) is 3.20. The van der Waals surface area contributed by atoms with Crippen LogP contribution in [0.2, 0.25) is 0 Å². The van der Waals surface area contributed by atoms with E-state index in [1.807, 2.05) is 16.7 Å². The Bertz CT molecular complexity index is 1040. The molecule has 0 radical (unpaired) electrons. The molecule has 0 saturated heterocycles. The van der Waals surface area contributed by atoms with Crippen molar-refractivity contribution >= 4 is 39.6 Å². The van der Waals surface area contributed by atoms with Crippen molar-refractivity contribution in [2.24, 2.45) is 0 Å². The first kappa shape index (κ1) is 19.1. The predicted octanol–water partition coefficient (Wildman–Crippen LogP) is 2.47. The molecule has 1 aromatic carbocycles. The van der Waals surface area contributed by atoms with Gasteiger partial charge in [-0.1, -0.05) is 13.8 Å². The Morgan fingerprint density at radius 1 is 1.25 bits per heavy atom. The van der Waals surface area contributed by atoms with E-state index in [-0.39, 0.29) is 12.6 Å². The number of imidazole rings is 1. The van der Waals surface area contributed by atoms with E-state index in [9.17, 15) is 4.39 Å². The Kier molecular flexibility index (Phi) is 5.23. The van der Waals surface area contributed by atoms with Gasteiger partial charge in [0.25, 0.3) is 0 Å². The van der Waals surface area contributed by atoms with Gasteiger partial charge in [-0.3, -0.25) is 0 Å². The summed E-state index contributed by atoms with van der Waals surface area (Å²) in [6.45, 7) is 5.64. The lowest BCUT2D eigenvalue weighted by molar-refractivity contribution is 0.174. The molecule has 10 heteroatoms. The minimum Gasteiger partial charge on any atom is -0.454 e. The summed E-state index contributed by atoms with van der Waals surface area (Å²) in [6.07, 6.45) is -0.333. The summed E-state index contributed by atoms with van der Waals surface area (Å²) < 4.78 is 27.6. The van der Waals surface area contributed by atoms with Crippen molar-refractivity contribution in [3.63, 3.8) is 0 Å². The first-order valence-electron chi connectivity index (χ1n) is 8.92. The second-order valence-corrected chi connectivity index (χ2v) is 7.97. The van der Waals surface area contributed by atoms with Gasteiger partial charge < -0.3 is 25.1 Å². The van der Waals surface area contributed by atoms with E-state index in [1.54, 1.807) is 0 Å². The monoisotopic (exact) mass is 498 g/mol. The van der Waals surface area contributed by atoms with Crippen LogP contribution in [0.15, 0.2) is 12.1 Å². The number of nitrogens with one attached hydrogen (secondary N) is 1. The van der Waals surface area contributed by atoms with E-state index in [4.69, 9.17) is 15.2 Å². The molecule has 2 aromatic heterocycles. The molecule has 148 valence electrons. The number of rotatable bonds is 6. The van der Waals surface area contributed by atoms with Gasteiger partial charge in [-0.05, 0) is 40.3 Å². The summed E-state index contributed by atoms with van der Waals surface area (Å²) >= 11 is 2.26. The van der Waals surface area contributed by atoms with Crippen molar-refractivity contribution in [2.45, 2.75) is 32.9 Å². The maximum absolute atomic E-state index is 13.8. The topological polar surface area (TPSA) is 100 Å². The lowest BCUT2D eigenvalue weighted by atomic mass is 10.1. The minimum absolute atomic E-state index is 0.0414. The van der Waals surface area contributed by atoms with Crippen molar-refractivity contribution in [2.75, 3.05) is 19.1 Å². The molecule has 0 spiro atoms. The fourth-order valence-electron chi connectivity index (χ4n) is 3.14. The lowest BCUT2D eigenvalue weighted by Crippen LogP contribution is -2.27. The van der Waals surface area contributed by atoms with Crippen LogP contribution in [0, 0.1) is 9.65 Å². The van der Waals surface area contributed by atoms with E-state index >= 15 is 0 Å². The number of hydrogen-bond donors (Lipinski definition) is 2. The highest BCUT2D eigenvalue weighted by Gasteiger charge is 2.20. The van der Waals surface area contributed by atoms with E-state index < -0.39 is 6.08 Å². The second kappa shape index (κ2) is 7.66. The first-order valence-corrected chi connectivity index (χ1v) is 9.99. The molecular weight excluding hydrogens is 478 g/mol. The largest absolute Gasteiger partial charge is 0.454 e. The predicted molar refractivity (Wildman–Crippen MR) is 111 cm³/mol. The number of nitrogen functional groups attached to an aromatic ring is 1. The van der Waals surface area contributed by atoms with Gasteiger partial charge in [0.2, 0.25) is 6.79 Å². The van der Waals surface area contributed by atoms with Crippen molar-refractivity contribution in [3.05, 3.63) is 33.2 Å². The third-order valence-corrected chi connectivity index (χ3v) is 5.46. The van der Waals surface area contributed by atoms with Crippen LogP contribution in [0.1, 0.15) is 25.2 Å². The summed E-state index contributed by atoms with van der Waals surface area (Å²) in [5.41, 5.74) is 7.74. The van der Waals surface area contributed by atoms with Gasteiger partial charge in [-0.2, -0.15) is 14.4 Å². The average molecular weight is 498 g/mol. The van der Waals surface area contributed by atoms with Gasteiger partial charge in [0, 0.05) is 29.1 Å². The smallest absolute Gasteiger partial charge is 0.312 e. The zero-order valence-corrected chi connectivity index (χ0v) is 17.7. The number of nitrogens with zero attached hydrogens (tertiary/aromatic N) is 4. The van der Waals surface area contributed by atoms with Crippen LogP contribution in [0.25, 0.3) is 11.2 Å². The quantitative estimate of drug-likeness (QED) is 0.398. The van der Waals surface area contributed by atoms with Crippen LogP contribution < -0.4 is 20.5 Å². The molecule has 3 N–H and O–H groups in total. The molecule has 1 aliphatic heterocycles. The molecule has 0 fully saturated rings. The van der Waals surface area contributed by atoms with E-state index in [0.717, 1.165) is 20.7 Å². The van der Waals surface area contributed by atoms with Crippen molar-refractivity contribution in [1.29, 1.82) is 0 Å². The first-order chi connectivity index (χ1) is 13.4. The number of ether oxygens (including phenoxy) is 2. The van der Waals surface area contributed by atoms with Crippen LogP contribution in [-0.2, 0) is 13.0 Å². The summed E-state index contributed by atoms with van der Waals surface area (Å²) in [7, 11) is 0. The van der Waals surface area contributed by atoms with Gasteiger partial charge in [0.1, 0.15) is 5.82 Å². The Balaban J connectivity index is 1.74. The van der Waals surface area contributed by atoms with Crippen LogP contribution in [-0.4, -0.2) is 38.9 Å². The van der Waals surface area contributed by atoms with Crippen molar-refractivity contribution in [1.82, 2.24) is 24.8 Å². The number of aromatic nitrogens is 4. The highest BCUT2D eigenvalue weighted by atomic mass is 127. The maximum atomic E-state index is 13.8. The molecule has 0 saturated carbocycles.